The minimum Gasteiger partial charge on any atom is -0.478 e. The van der Waals surface area contributed by atoms with Crippen LogP contribution in [0.2, 0.25) is 0 Å². The molecule has 1 aromatic rings. The van der Waals surface area contributed by atoms with Gasteiger partial charge in [-0.2, -0.15) is 0 Å². The Morgan fingerprint density at radius 1 is 1.10 bits per heavy atom. The monoisotopic (exact) mass is 284 g/mol. The Balaban J connectivity index is 0.000000396. The van der Waals surface area contributed by atoms with Crippen molar-refractivity contribution in [2.75, 3.05) is 6.61 Å². The minimum absolute atomic E-state index is 0.190. The van der Waals surface area contributed by atoms with E-state index in [9.17, 15) is 9.59 Å². The van der Waals surface area contributed by atoms with E-state index in [1.807, 2.05) is 6.92 Å². The van der Waals surface area contributed by atoms with Crippen LogP contribution < -0.4 is 0 Å². The van der Waals surface area contributed by atoms with E-state index in [0.29, 0.717) is 0 Å². The SMILES string of the molecule is CCC(O)CCCO.O=C(O)c1ccccc1C(=O)O. The molecule has 4 N–H and O–H groups in total. The Kier molecular flexibility index (Phi) is 8.98. The molecule has 112 valence electrons. The molecule has 0 spiro atoms. The summed E-state index contributed by atoms with van der Waals surface area (Å²) >= 11 is 0. The van der Waals surface area contributed by atoms with E-state index in [-0.39, 0.29) is 23.8 Å². The standard InChI is InChI=1S/C8H6O4.C6H14O2/c9-7(10)5-3-1-2-4-6(5)8(11)12;1-2-6(8)4-3-5-7/h1-4H,(H,9,10)(H,11,12);6-8H,2-5H2,1H3. The average molecular weight is 284 g/mol. The summed E-state index contributed by atoms with van der Waals surface area (Å²) in [5.74, 6) is -2.46. The zero-order valence-corrected chi connectivity index (χ0v) is 11.3. The molecule has 0 amide bonds. The molecule has 6 nitrogen and oxygen atoms in total. The normalized spacial score (nSPS) is 11.2. The molecule has 1 aromatic carbocycles. The van der Waals surface area contributed by atoms with Gasteiger partial charge in [-0.3, -0.25) is 0 Å². The molecule has 0 heterocycles. The van der Waals surface area contributed by atoms with Crippen molar-refractivity contribution in [1.82, 2.24) is 0 Å². The van der Waals surface area contributed by atoms with E-state index in [0.717, 1.165) is 19.3 Å². The van der Waals surface area contributed by atoms with Crippen LogP contribution >= 0.6 is 0 Å². The number of carboxylic acid groups (broad SMARTS) is 2. The summed E-state index contributed by atoms with van der Waals surface area (Å²) in [6.45, 7) is 2.12. The molecular weight excluding hydrogens is 264 g/mol. The maximum absolute atomic E-state index is 10.5. The molecular formula is C14H20O6. The predicted molar refractivity (Wildman–Crippen MR) is 73.0 cm³/mol. The molecule has 0 fully saturated rings. The summed E-state index contributed by atoms with van der Waals surface area (Å²) < 4.78 is 0. The van der Waals surface area contributed by atoms with E-state index < -0.39 is 11.9 Å². The largest absolute Gasteiger partial charge is 0.478 e. The zero-order valence-electron chi connectivity index (χ0n) is 11.3. The molecule has 0 bridgehead atoms. The van der Waals surface area contributed by atoms with Gasteiger partial charge < -0.3 is 20.4 Å². The van der Waals surface area contributed by atoms with Gasteiger partial charge in [-0.05, 0) is 31.4 Å². The van der Waals surface area contributed by atoms with Gasteiger partial charge in [0.05, 0.1) is 17.2 Å². The lowest BCUT2D eigenvalue weighted by atomic mass is 10.1. The topological polar surface area (TPSA) is 115 Å². The molecule has 0 aromatic heterocycles. The summed E-state index contributed by atoms with van der Waals surface area (Å²) in [5, 5.41) is 34.3. The average Bonchev–Trinajstić information content (AvgIpc) is 2.45. The third kappa shape index (κ3) is 6.86. The molecule has 1 rings (SSSR count). The van der Waals surface area contributed by atoms with Gasteiger partial charge in [0.2, 0.25) is 0 Å². The van der Waals surface area contributed by atoms with Crippen LogP contribution in [0.5, 0.6) is 0 Å². The van der Waals surface area contributed by atoms with Crippen LogP contribution in [-0.4, -0.2) is 45.1 Å². The summed E-state index contributed by atoms with van der Waals surface area (Å²) in [7, 11) is 0. The second kappa shape index (κ2) is 9.94. The van der Waals surface area contributed by atoms with Crippen LogP contribution in [-0.2, 0) is 0 Å². The number of carboxylic acids is 2. The maximum Gasteiger partial charge on any atom is 0.336 e. The minimum atomic E-state index is -1.23. The van der Waals surface area contributed by atoms with Crippen molar-refractivity contribution in [3.63, 3.8) is 0 Å². The number of aliphatic hydroxyl groups excluding tert-OH is 2. The molecule has 0 aliphatic heterocycles. The maximum atomic E-state index is 10.5. The molecule has 0 saturated carbocycles. The summed E-state index contributed by atoms with van der Waals surface area (Å²) in [6.07, 6.45) is 2.03. The summed E-state index contributed by atoms with van der Waals surface area (Å²) in [6, 6.07) is 5.48. The van der Waals surface area contributed by atoms with Crippen LogP contribution in [0.15, 0.2) is 24.3 Å². The van der Waals surface area contributed by atoms with Gasteiger partial charge >= 0.3 is 11.9 Å². The highest BCUT2D eigenvalue weighted by Crippen LogP contribution is 2.07. The molecule has 1 atom stereocenters. The number of aliphatic hydroxyl groups is 2. The predicted octanol–water partition coefficient (Wildman–Crippen LogP) is 1.61. The van der Waals surface area contributed by atoms with Crippen LogP contribution in [0.3, 0.4) is 0 Å². The molecule has 0 saturated heterocycles. The van der Waals surface area contributed by atoms with Gasteiger partial charge in [-0.15, -0.1) is 0 Å². The van der Waals surface area contributed by atoms with Crippen LogP contribution in [0, 0.1) is 0 Å². The van der Waals surface area contributed by atoms with E-state index in [1.165, 1.54) is 24.3 Å². The molecule has 0 aliphatic rings. The highest BCUT2D eigenvalue weighted by Gasteiger charge is 2.13. The number of carbonyl (C=O) groups is 2. The second-order valence-corrected chi connectivity index (χ2v) is 4.08. The molecule has 0 radical (unpaired) electrons. The van der Waals surface area contributed by atoms with Crippen LogP contribution in [0.1, 0.15) is 46.9 Å². The summed E-state index contributed by atoms with van der Waals surface area (Å²) in [5.41, 5.74) is -0.380. The van der Waals surface area contributed by atoms with Crippen LogP contribution in [0.4, 0.5) is 0 Å². The Bertz CT molecular complexity index is 396. The third-order valence-electron chi connectivity index (χ3n) is 2.55. The first-order valence-corrected chi connectivity index (χ1v) is 6.28. The van der Waals surface area contributed by atoms with Crippen molar-refractivity contribution in [2.45, 2.75) is 32.3 Å². The second-order valence-electron chi connectivity index (χ2n) is 4.08. The first-order chi connectivity index (χ1) is 9.43. The number of benzene rings is 1. The van der Waals surface area contributed by atoms with Gasteiger partial charge in [0.15, 0.2) is 0 Å². The van der Waals surface area contributed by atoms with E-state index in [4.69, 9.17) is 20.4 Å². The lowest BCUT2D eigenvalue weighted by molar-refractivity contribution is 0.0651. The number of rotatable bonds is 6. The Labute approximate surface area is 117 Å². The number of hydrogen-bond acceptors (Lipinski definition) is 4. The van der Waals surface area contributed by atoms with E-state index >= 15 is 0 Å². The molecule has 1 unspecified atom stereocenters. The number of hydrogen-bond donors (Lipinski definition) is 4. The Hall–Kier alpha value is -1.92. The summed E-state index contributed by atoms with van der Waals surface area (Å²) in [4.78, 5) is 20.9. The smallest absolute Gasteiger partial charge is 0.336 e. The quantitative estimate of drug-likeness (QED) is 0.631. The zero-order chi connectivity index (χ0) is 15.5. The van der Waals surface area contributed by atoms with Crippen molar-refractivity contribution in [1.29, 1.82) is 0 Å². The number of aromatic carboxylic acids is 2. The van der Waals surface area contributed by atoms with E-state index in [2.05, 4.69) is 0 Å². The highest BCUT2D eigenvalue weighted by molar-refractivity contribution is 6.01. The molecule has 0 aliphatic carbocycles. The van der Waals surface area contributed by atoms with Gasteiger partial charge in [-0.1, -0.05) is 19.1 Å². The van der Waals surface area contributed by atoms with Crippen molar-refractivity contribution in [3.05, 3.63) is 35.4 Å². The van der Waals surface area contributed by atoms with Gasteiger partial charge in [0.1, 0.15) is 0 Å². The Morgan fingerprint density at radius 2 is 1.55 bits per heavy atom. The van der Waals surface area contributed by atoms with Gasteiger partial charge in [0.25, 0.3) is 0 Å². The first-order valence-electron chi connectivity index (χ1n) is 6.28. The lowest BCUT2D eigenvalue weighted by Crippen LogP contribution is -2.06. The van der Waals surface area contributed by atoms with Crippen molar-refractivity contribution < 1.29 is 30.0 Å². The first kappa shape index (κ1) is 18.1. The van der Waals surface area contributed by atoms with Crippen molar-refractivity contribution >= 4 is 11.9 Å². The van der Waals surface area contributed by atoms with Crippen LogP contribution in [0.25, 0.3) is 0 Å². The molecule has 6 heteroatoms. The van der Waals surface area contributed by atoms with Gasteiger partial charge in [-0.25, -0.2) is 9.59 Å². The van der Waals surface area contributed by atoms with Crippen molar-refractivity contribution in [2.24, 2.45) is 0 Å². The fraction of sp³-hybridized carbons (Fsp3) is 0.429. The lowest BCUT2D eigenvalue weighted by Gasteiger charge is -2.03. The fourth-order valence-electron chi connectivity index (χ4n) is 1.39. The van der Waals surface area contributed by atoms with Gasteiger partial charge in [0, 0.05) is 6.61 Å². The highest BCUT2D eigenvalue weighted by atomic mass is 16.4. The Morgan fingerprint density at radius 3 is 1.85 bits per heavy atom. The fourth-order valence-corrected chi connectivity index (χ4v) is 1.39. The van der Waals surface area contributed by atoms with Crippen molar-refractivity contribution in [3.8, 4) is 0 Å². The van der Waals surface area contributed by atoms with E-state index in [1.54, 1.807) is 0 Å². The third-order valence-corrected chi connectivity index (χ3v) is 2.55. The molecule has 20 heavy (non-hydrogen) atoms.